The Labute approximate surface area is 272 Å². The molecule has 250 valence electrons. The van der Waals surface area contributed by atoms with Gasteiger partial charge in [0.2, 0.25) is 5.95 Å². The normalized spacial score (nSPS) is 19.9. The molecule has 3 heterocycles. The quantitative estimate of drug-likeness (QED) is 0.183. The van der Waals surface area contributed by atoms with Gasteiger partial charge >= 0.3 is 0 Å². The fourth-order valence-corrected chi connectivity index (χ4v) is 8.12. The number of hydrogen-bond acceptors (Lipinski definition) is 8. The first-order valence-electron chi connectivity index (χ1n) is 14.8. The van der Waals surface area contributed by atoms with Crippen LogP contribution in [0.3, 0.4) is 0 Å². The molecule has 14 heteroatoms. The van der Waals surface area contributed by atoms with Crippen molar-refractivity contribution in [2.75, 3.05) is 63.3 Å². The van der Waals surface area contributed by atoms with Crippen molar-refractivity contribution in [2.24, 2.45) is 5.41 Å². The van der Waals surface area contributed by atoms with Crippen LogP contribution in [0.2, 0.25) is 5.02 Å². The van der Waals surface area contributed by atoms with E-state index in [4.69, 9.17) is 25.8 Å². The fraction of sp³-hybridized carbons (Fsp3) is 0.469. The van der Waals surface area contributed by atoms with E-state index in [1.165, 1.54) is 38.5 Å². The number of aromatic nitrogens is 1. The van der Waals surface area contributed by atoms with Crippen molar-refractivity contribution in [2.45, 2.75) is 43.7 Å². The summed E-state index contributed by atoms with van der Waals surface area (Å²) in [5.41, 5.74) is -0.0876. The molecule has 1 unspecified atom stereocenters. The van der Waals surface area contributed by atoms with Gasteiger partial charge in [-0.05, 0) is 49.1 Å². The molecule has 2 aromatic carbocycles. The summed E-state index contributed by atoms with van der Waals surface area (Å²) < 4.78 is 91.7. The third-order valence-corrected chi connectivity index (χ3v) is 10.9. The Morgan fingerprint density at radius 3 is 2.39 bits per heavy atom. The Morgan fingerprint density at radius 1 is 1.00 bits per heavy atom. The maximum absolute atomic E-state index is 16.1. The third-order valence-electron chi connectivity index (χ3n) is 8.77. The molecule has 0 aliphatic carbocycles. The molecule has 0 spiro atoms. The minimum absolute atomic E-state index is 0.0172. The lowest BCUT2D eigenvalue weighted by Crippen LogP contribution is -2.46. The molecule has 2 aliphatic rings. The smallest absolute Gasteiger partial charge is 0.271 e. The average Bonchev–Trinajstić information content (AvgIpc) is 3.59. The molecule has 5 rings (SSSR count). The van der Waals surface area contributed by atoms with E-state index in [-0.39, 0.29) is 16.9 Å². The van der Waals surface area contributed by atoms with E-state index in [2.05, 4.69) is 23.7 Å². The largest absolute Gasteiger partial charge is 0.497 e. The average molecular weight is 683 g/mol. The van der Waals surface area contributed by atoms with Crippen LogP contribution >= 0.6 is 11.6 Å². The highest BCUT2D eigenvalue weighted by Gasteiger charge is 2.44. The highest BCUT2D eigenvalue weighted by atomic mass is 35.5. The van der Waals surface area contributed by atoms with Gasteiger partial charge in [-0.1, -0.05) is 31.5 Å². The zero-order chi connectivity index (χ0) is 33.4. The maximum Gasteiger partial charge on any atom is 0.271 e. The molecule has 0 radical (unpaired) electrons. The second-order valence-electron chi connectivity index (χ2n) is 12.5. The van der Waals surface area contributed by atoms with Crippen LogP contribution in [0.4, 0.5) is 24.7 Å². The van der Waals surface area contributed by atoms with Gasteiger partial charge in [-0.2, -0.15) is 4.39 Å². The molecular weight excluding hydrogens is 645 g/mol. The molecule has 0 saturated carbocycles. The van der Waals surface area contributed by atoms with Crippen LogP contribution in [-0.4, -0.2) is 78.0 Å². The van der Waals surface area contributed by atoms with Gasteiger partial charge in [0.25, 0.3) is 10.0 Å². The molecule has 3 aromatic rings. The molecule has 1 aromatic heterocycles. The number of hydrogen-bond donors (Lipinski definition) is 0. The van der Waals surface area contributed by atoms with Gasteiger partial charge in [0.15, 0.2) is 10.7 Å². The molecule has 9 nitrogen and oxygen atoms in total. The third kappa shape index (κ3) is 6.73. The Hall–Kier alpha value is -3.26. The molecule has 0 N–H and O–H groups in total. The molecule has 2 aliphatic heterocycles. The lowest BCUT2D eigenvalue weighted by molar-refractivity contribution is -0.0166. The van der Waals surface area contributed by atoms with E-state index in [1.54, 1.807) is 18.1 Å². The topological polar surface area (TPSA) is 84.4 Å². The first-order valence-corrected chi connectivity index (χ1v) is 16.6. The van der Waals surface area contributed by atoms with Crippen molar-refractivity contribution in [3.8, 4) is 11.5 Å². The Bertz CT molecular complexity index is 1710. The molecule has 2 fully saturated rings. The van der Waals surface area contributed by atoms with E-state index >= 15 is 8.78 Å². The number of anilines is 2. The van der Waals surface area contributed by atoms with Gasteiger partial charge < -0.3 is 19.1 Å². The van der Waals surface area contributed by atoms with Crippen LogP contribution in [-0.2, 0) is 21.3 Å². The minimum Gasteiger partial charge on any atom is -0.497 e. The van der Waals surface area contributed by atoms with Crippen molar-refractivity contribution in [3.63, 3.8) is 0 Å². The Kier molecular flexibility index (Phi) is 9.70. The predicted molar refractivity (Wildman–Crippen MR) is 170 cm³/mol. The van der Waals surface area contributed by atoms with E-state index in [1.807, 2.05) is 0 Å². The molecule has 2 saturated heterocycles. The van der Waals surface area contributed by atoms with E-state index in [9.17, 15) is 12.8 Å². The lowest BCUT2D eigenvalue weighted by atomic mass is 9.93. The first kappa shape index (κ1) is 34.1. The number of rotatable bonds is 11. The van der Waals surface area contributed by atoms with Crippen LogP contribution in [0.1, 0.15) is 32.3 Å². The second-order valence-corrected chi connectivity index (χ2v) is 14.7. The molecule has 0 amide bonds. The monoisotopic (exact) mass is 682 g/mol. The minimum atomic E-state index is -5.06. The van der Waals surface area contributed by atoms with Gasteiger partial charge in [0.05, 0.1) is 32.1 Å². The SMILES string of the molecule is COc1ccc(CN(c2cccc(F)n2)S(=O)(=O)c2c(F)cc(N3CCC(CN4CCC(C)(C)C4)(OC)C3)c(Cl)c2F)c(OC)c1. The van der Waals surface area contributed by atoms with Crippen LogP contribution in [0, 0.1) is 23.0 Å². The van der Waals surface area contributed by atoms with Crippen molar-refractivity contribution < 1.29 is 35.8 Å². The first-order chi connectivity index (χ1) is 21.7. The molecule has 1 atom stereocenters. The highest BCUT2D eigenvalue weighted by molar-refractivity contribution is 7.92. The molecule has 0 bridgehead atoms. The number of likely N-dealkylation sites (tertiary alicyclic amines) is 1. The number of methoxy groups -OCH3 is 3. The molecule has 46 heavy (non-hydrogen) atoms. The van der Waals surface area contributed by atoms with Gasteiger partial charge in [-0.3, -0.25) is 4.90 Å². The summed E-state index contributed by atoms with van der Waals surface area (Å²) in [4.78, 5) is 6.46. The van der Waals surface area contributed by atoms with Gasteiger partial charge in [0, 0.05) is 51.0 Å². The number of ether oxygens (including phenoxy) is 3. The lowest BCUT2D eigenvalue weighted by Gasteiger charge is -2.33. The van der Waals surface area contributed by atoms with Crippen LogP contribution in [0.15, 0.2) is 47.4 Å². The van der Waals surface area contributed by atoms with Crippen LogP contribution < -0.4 is 18.7 Å². The standard InChI is InChI=1S/C32H38ClF3N4O5S/c1-31(2)11-13-38(18-31)19-32(45-5)12-14-39(20-32)24-16-23(34)30(29(36)28(24)33)46(41,42)40(27-8-6-7-26(35)37-27)17-21-9-10-22(43-3)15-25(21)44-4/h6-10,15-16H,11-14,17-20H2,1-5H3. The van der Waals surface area contributed by atoms with Crippen molar-refractivity contribution in [1.82, 2.24) is 9.88 Å². The molecular formula is C32H38ClF3N4O5S. The van der Waals surface area contributed by atoms with Crippen LogP contribution in [0.25, 0.3) is 0 Å². The fourth-order valence-electron chi connectivity index (χ4n) is 6.28. The van der Waals surface area contributed by atoms with E-state index in [0.29, 0.717) is 41.7 Å². The van der Waals surface area contributed by atoms with Gasteiger partial charge in [0.1, 0.15) is 28.2 Å². The summed E-state index contributed by atoms with van der Waals surface area (Å²) in [5.74, 6) is -3.53. The Morgan fingerprint density at radius 2 is 1.76 bits per heavy atom. The van der Waals surface area contributed by atoms with Crippen molar-refractivity contribution >= 4 is 33.1 Å². The van der Waals surface area contributed by atoms with Gasteiger partial charge in [-0.25, -0.2) is 26.5 Å². The number of pyridine rings is 1. The second kappa shape index (κ2) is 13.1. The van der Waals surface area contributed by atoms with E-state index < -0.39 is 55.5 Å². The zero-order valence-electron chi connectivity index (χ0n) is 26.4. The highest BCUT2D eigenvalue weighted by Crippen LogP contribution is 2.41. The number of benzene rings is 2. The maximum atomic E-state index is 16.1. The number of halogens is 4. The predicted octanol–water partition coefficient (Wildman–Crippen LogP) is 5.89. The van der Waals surface area contributed by atoms with Gasteiger partial charge in [-0.15, -0.1) is 0 Å². The zero-order valence-corrected chi connectivity index (χ0v) is 28.0. The van der Waals surface area contributed by atoms with E-state index in [0.717, 1.165) is 31.6 Å². The summed E-state index contributed by atoms with van der Waals surface area (Å²) in [7, 11) is -0.610. The van der Waals surface area contributed by atoms with Crippen LogP contribution in [0.5, 0.6) is 11.5 Å². The summed E-state index contributed by atoms with van der Waals surface area (Å²) >= 11 is 6.49. The summed E-state index contributed by atoms with van der Waals surface area (Å²) in [6, 6.07) is 9.03. The summed E-state index contributed by atoms with van der Waals surface area (Å²) in [6.07, 6.45) is 1.64. The summed E-state index contributed by atoms with van der Waals surface area (Å²) in [5, 5.41) is -0.552. The van der Waals surface area contributed by atoms with Crippen molar-refractivity contribution in [3.05, 3.63) is 70.6 Å². The summed E-state index contributed by atoms with van der Waals surface area (Å²) in [6.45, 7) is 7.11. The number of nitrogens with zero attached hydrogens (tertiary/aromatic N) is 4. The Balaban J connectivity index is 1.50. The van der Waals surface area contributed by atoms with Crippen molar-refractivity contribution in [1.29, 1.82) is 0 Å². The number of sulfonamides is 1.